The van der Waals surface area contributed by atoms with Crippen LogP contribution in [0.5, 0.6) is 11.5 Å². The van der Waals surface area contributed by atoms with Crippen molar-refractivity contribution in [2.75, 3.05) is 13.4 Å². The van der Waals surface area contributed by atoms with Crippen LogP contribution in [0.15, 0.2) is 72.8 Å². The van der Waals surface area contributed by atoms with Gasteiger partial charge in [0.25, 0.3) is 5.91 Å². The molecular weight excluding hydrogens is 382 g/mol. The first-order chi connectivity index (χ1) is 14.6. The normalized spacial score (nSPS) is 12.8. The van der Waals surface area contributed by atoms with E-state index in [2.05, 4.69) is 5.32 Å². The molecule has 0 radical (unpaired) electrons. The number of amides is 1. The number of hydrogen-bond acceptors (Lipinski definition) is 5. The summed E-state index contributed by atoms with van der Waals surface area (Å²) in [6.45, 7) is 1.68. The largest absolute Gasteiger partial charge is 0.454 e. The number of benzene rings is 3. The van der Waals surface area contributed by atoms with Crippen molar-refractivity contribution in [1.82, 2.24) is 5.32 Å². The van der Waals surface area contributed by atoms with Crippen LogP contribution in [0.25, 0.3) is 11.1 Å². The van der Waals surface area contributed by atoms with Gasteiger partial charge in [-0.15, -0.1) is 0 Å². The van der Waals surface area contributed by atoms with Crippen molar-refractivity contribution in [3.8, 4) is 22.6 Å². The van der Waals surface area contributed by atoms with Crippen LogP contribution in [0.2, 0.25) is 0 Å². The van der Waals surface area contributed by atoms with Gasteiger partial charge in [-0.3, -0.25) is 4.79 Å². The molecule has 6 nitrogen and oxygen atoms in total. The zero-order valence-corrected chi connectivity index (χ0v) is 16.5. The van der Waals surface area contributed by atoms with E-state index in [9.17, 15) is 9.59 Å². The van der Waals surface area contributed by atoms with E-state index in [1.165, 1.54) is 0 Å². The van der Waals surface area contributed by atoms with Crippen LogP contribution in [0.1, 0.15) is 28.9 Å². The molecule has 3 aromatic carbocycles. The lowest BCUT2D eigenvalue weighted by atomic mass is 10.00. The van der Waals surface area contributed by atoms with Gasteiger partial charge in [0.2, 0.25) is 6.79 Å². The molecular formula is C24H21NO5. The van der Waals surface area contributed by atoms with Crippen molar-refractivity contribution < 1.29 is 23.8 Å². The summed E-state index contributed by atoms with van der Waals surface area (Å²) in [6.07, 6.45) is 0. The Balaban J connectivity index is 1.37. The maximum atomic E-state index is 12.6. The van der Waals surface area contributed by atoms with Gasteiger partial charge in [-0.25, -0.2) is 4.79 Å². The van der Waals surface area contributed by atoms with Crippen LogP contribution >= 0.6 is 0 Å². The predicted octanol–water partition coefficient (Wildman–Crippen LogP) is 4.12. The van der Waals surface area contributed by atoms with Crippen LogP contribution in [0.3, 0.4) is 0 Å². The van der Waals surface area contributed by atoms with E-state index < -0.39 is 5.97 Å². The van der Waals surface area contributed by atoms with Gasteiger partial charge in [0, 0.05) is 0 Å². The van der Waals surface area contributed by atoms with E-state index in [0.29, 0.717) is 17.1 Å². The molecule has 4 rings (SSSR count). The van der Waals surface area contributed by atoms with E-state index in [0.717, 1.165) is 16.7 Å². The van der Waals surface area contributed by atoms with Crippen LogP contribution in [0, 0.1) is 0 Å². The van der Waals surface area contributed by atoms with Crippen molar-refractivity contribution in [3.63, 3.8) is 0 Å². The van der Waals surface area contributed by atoms with Crippen LogP contribution < -0.4 is 14.8 Å². The summed E-state index contributed by atoms with van der Waals surface area (Å²) in [5.41, 5.74) is 2.96. The van der Waals surface area contributed by atoms with Gasteiger partial charge >= 0.3 is 5.97 Å². The first-order valence-corrected chi connectivity index (χ1v) is 9.62. The maximum absolute atomic E-state index is 12.6. The lowest BCUT2D eigenvalue weighted by Gasteiger charge is -2.15. The molecule has 0 spiro atoms. The molecule has 3 aromatic rings. The Morgan fingerprint density at radius 2 is 1.70 bits per heavy atom. The highest BCUT2D eigenvalue weighted by Gasteiger charge is 2.19. The van der Waals surface area contributed by atoms with Gasteiger partial charge in [-0.1, -0.05) is 54.6 Å². The summed E-state index contributed by atoms with van der Waals surface area (Å²) in [7, 11) is 0. The highest BCUT2D eigenvalue weighted by Crippen LogP contribution is 2.34. The van der Waals surface area contributed by atoms with E-state index in [1.807, 2.05) is 61.5 Å². The Labute approximate surface area is 174 Å². The number of ether oxygens (including phenoxy) is 3. The highest BCUT2D eigenvalue weighted by atomic mass is 16.7. The lowest BCUT2D eigenvalue weighted by Crippen LogP contribution is -2.31. The lowest BCUT2D eigenvalue weighted by molar-refractivity contribution is -0.124. The molecule has 1 aliphatic rings. The van der Waals surface area contributed by atoms with Gasteiger partial charge in [0.05, 0.1) is 11.6 Å². The monoisotopic (exact) mass is 403 g/mol. The smallest absolute Gasteiger partial charge is 0.339 e. The van der Waals surface area contributed by atoms with Crippen LogP contribution in [-0.4, -0.2) is 25.3 Å². The number of hydrogen-bond donors (Lipinski definition) is 1. The summed E-state index contributed by atoms with van der Waals surface area (Å²) < 4.78 is 15.9. The maximum Gasteiger partial charge on any atom is 0.339 e. The molecule has 1 aliphatic heterocycles. The van der Waals surface area contributed by atoms with Gasteiger partial charge < -0.3 is 19.5 Å². The molecule has 1 N–H and O–H groups in total. The summed E-state index contributed by atoms with van der Waals surface area (Å²) in [5, 5.41) is 2.83. The first-order valence-electron chi connectivity index (χ1n) is 9.62. The van der Waals surface area contributed by atoms with Gasteiger partial charge in [0.1, 0.15) is 0 Å². The molecule has 152 valence electrons. The Kier molecular flexibility index (Phi) is 5.66. The average molecular weight is 403 g/mol. The summed E-state index contributed by atoms with van der Waals surface area (Å²) in [5.74, 6) is 0.409. The molecule has 1 heterocycles. The molecule has 0 aromatic heterocycles. The molecule has 1 amide bonds. The van der Waals surface area contributed by atoms with Crippen molar-refractivity contribution in [3.05, 3.63) is 83.9 Å². The van der Waals surface area contributed by atoms with Crippen molar-refractivity contribution >= 4 is 11.9 Å². The van der Waals surface area contributed by atoms with E-state index in [-0.39, 0.29) is 25.3 Å². The van der Waals surface area contributed by atoms with Crippen molar-refractivity contribution in [1.29, 1.82) is 0 Å². The third-order valence-electron chi connectivity index (χ3n) is 4.84. The molecule has 0 aliphatic carbocycles. The van der Waals surface area contributed by atoms with Gasteiger partial charge in [-0.05, 0) is 41.8 Å². The molecule has 1 atom stereocenters. The molecule has 30 heavy (non-hydrogen) atoms. The molecule has 0 fully saturated rings. The Bertz CT molecular complexity index is 1060. The number of fused-ring (bicyclic) bond motifs is 1. The Morgan fingerprint density at radius 1 is 0.967 bits per heavy atom. The topological polar surface area (TPSA) is 73.9 Å². The van der Waals surface area contributed by atoms with Crippen LogP contribution in [0.4, 0.5) is 0 Å². The second kappa shape index (κ2) is 8.69. The van der Waals surface area contributed by atoms with Crippen molar-refractivity contribution in [2.24, 2.45) is 0 Å². The number of rotatable bonds is 6. The number of esters is 1. The summed E-state index contributed by atoms with van der Waals surface area (Å²) in [6, 6.07) is 22.0. The molecule has 0 saturated heterocycles. The Hall–Kier alpha value is -3.80. The quantitative estimate of drug-likeness (QED) is 0.627. The minimum Gasteiger partial charge on any atom is -0.454 e. The fourth-order valence-corrected chi connectivity index (χ4v) is 3.29. The third kappa shape index (κ3) is 4.27. The van der Waals surface area contributed by atoms with E-state index >= 15 is 0 Å². The molecule has 6 heteroatoms. The van der Waals surface area contributed by atoms with E-state index in [1.54, 1.807) is 18.2 Å². The minimum absolute atomic E-state index is 0.194. The fourth-order valence-electron chi connectivity index (χ4n) is 3.29. The number of carbonyl (C=O) groups is 2. The van der Waals surface area contributed by atoms with Crippen molar-refractivity contribution in [2.45, 2.75) is 13.0 Å². The zero-order chi connectivity index (χ0) is 20.9. The molecule has 0 unspecified atom stereocenters. The van der Waals surface area contributed by atoms with Crippen LogP contribution in [-0.2, 0) is 9.53 Å². The summed E-state index contributed by atoms with van der Waals surface area (Å²) in [4.78, 5) is 24.9. The molecule has 0 saturated carbocycles. The Morgan fingerprint density at radius 3 is 2.53 bits per heavy atom. The predicted molar refractivity (Wildman–Crippen MR) is 111 cm³/mol. The van der Waals surface area contributed by atoms with Gasteiger partial charge in [0.15, 0.2) is 18.1 Å². The number of carbonyl (C=O) groups excluding carboxylic acids is 2. The standard InChI is InChI=1S/C24H21NO5/c1-16(18-11-12-21-22(13-18)30-15-29-21)25-23(26)14-28-24(27)20-10-6-5-9-19(20)17-7-3-2-4-8-17/h2-13,16H,14-15H2,1H3,(H,25,26)/t16-/m1/s1. The fraction of sp³-hybridized carbons (Fsp3) is 0.167. The third-order valence-corrected chi connectivity index (χ3v) is 4.84. The van der Waals surface area contributed by atoms with E-state index in [4.69, 9.17) is 14.2 Å². The molecule has 0 bridgehead atoms. The average Bonchev–Trinajstić information content (AvgIpc) is 3.26. The highest BCUT2D eigenvalue weighted by molar-refractivity contribution is 5.98. The van der Waals surface area contributed by atoms with Gasteiger partial charge in [-0.2, -0.15) is 0 Å². The summed E-state index contributed by atoms with van der Waals surface area (Å²) >= 11 is 0. The second-order valence-corrected chi connectivity index (χ2v) is 6.89. The zero-order valence-electron chi connectivity index (χ0n) is 16.5. The minimum atomic E-state index is -0.541. The number of nitrogens with one attached hydrogen (secondary N) is 1. The SMILES string of the molecule is C[C@@H](NC(=O)COC(=O)c1ccccc1-c1ccccc1)c1ccc2c(c1)OCO2. The second-order valence-electron chi connectivity index (χ2n) is 6.89. The first kappa shape index (κ1) is 19.5.